The van der Waals surface area contributed by atoms with Gasteiger partial charge in [-0.3, -0.25) is 4.79 Å². The van der Waals surface area contributed by atoms with Crippen LogP contribution in [0.3, 0.4) is 0 Å². The van der Waals surface area contributed by atoms with Crippen LogP contribution in [0.2, 0.25) is 0 Å². The zero-order valence-electron chi connectivity index (χ0n) is 11.4. The first-order valence-electron chi connectivity index (χ1n) is 6.55. The summed E-state index contributed by atoms with van der Waals surface area (Å²) < 4.78 is 33.6. The van der Waals surface area contributed by atoms with Gasteiger partial charge in [0.05, 0.1) is 18.3 Å². The van der Waals surface area contributed by atoms with Crippen molar-refractivity contribution in [2.45, 2.75) is 31.5 Å². The van der Waals surface area contributed by atoms with E-state index in [9.17, 15) is 13.2 Å². The van der Waals surface area contributed by atoms with Crippen molar-refractivity contribution in [3.05, 3.63) is 0 Å². The summed E-state index contributed by atoms with van der Waals surface area (Å²) >= 11 is 0. The second kappa shape index (κ2) is 5.38. The first-order valence-corrected chi connectivity index (χ1v) is 8.61. The van der Waals surface area contributed by atoms with Crippen LogP contribution in [0.15, 0.2) is 0 Å². The summed E-state index contributed by atoms with van der Waals surface area (Å²) in [4.78, 5) is 13.5. The molecule has 2 saturated heterocycles. The van der Waals surface area contributed by atoms with Gasteiger partial charge < -0.3 is 14.4 Å². The second-order valence-electron chi connectivity index (χ2n) is 5.41. The molecule has 1 spiro atoms. The third-order valence-corrected chi connectivity index (χ3v) is 4.40. The molecular formula is C12H21NO5S. The molecule has 2 atom stereocenters. The van der Waals surface area contributed by atoms with Crippen LogP contribution in [0.5, 0.6) is 0 Å². The van der Waals surface area contributed by atoms with Crippen LogP contribution in [0.25, 0.3) is 0 Å². The Hall–Kier alpha value is -0.660. The monoisotopic (exact) mass is 291 g/mol. The Labute approximate surface area is 114 Å². The van der Waals surface area contributed by atoms with Gasteiger partial charge in [-0.1, -0.05) is 0 Å². The minimum Gasteiger partial charge on any atom is -0.376 e. The fraction of sp³-hybridized carbons (Fsp3) is 0.917. The number of nitrogens with zero attached hydrogens (tertiary/aromatic N) is 1. The van der Waals surface area contributed by atoms with Crippen LogP contribution >= 0.6 is 0 Å². The maximum absolute atomic E-state index is 11.9. The smallest absolute Gasteiger partial charge is 0.237 e. The van der Waals surface area contributed by atoms with Crippen LogP contribution in [-0.2, 0) is 24.1 Å². The van der Waals surface area contributed by atoms with Crippen molar-refractivity contribution in [2.75, 3.05) is 38.3 Å². The lowest BCUT2D eigenvalue weighted by Crippen LogP contribution is -2.38. The lowest BCUT2D eigenvalue weighted by Gasteiger charge is -2.23. The fourth-order valence-electron chi connectivity index (χ4n) is 2.80. The normalized spacial score (nSPS) is 31.3. The number of hydrogen-bond acceptors (Lipinski definition) is 5. The van der Waals surface area contributed by atoms with E-state index in [4.69, 9.17) is 9.47 Å². The lowest BCUT2D eigenvalue weighted by molar-refractivity contribution is -0.128. The quantitative estimate of drug-likeness (QED) is 0.719. The third kappa shape index (κ3) is 3.67. The molecule has 1 amide bonds. The molecule has 2 aliphatic rings. The van der Waals surface area contributed by atoms with E-state index >= 15 is 0 Å². The van der Waals surface area contributed by atoms with E-state index in [2.05, 4.69) is 0 Å². The van der Waals surface area contributed by atoms with Crippen molar-refractivity contribution in [2.24, 2.45) is 0 Å². The van der Waals surface area contributed by atoms with E-state index in [-0.39, 0.29) is 17.6 Å². The molecular weight excluding hydrogens is 270 g/mol. The van der Waals surface area contributed by atoms with Crippen molar-refractivity contribution in [1.82, 2.24) is 4.90 Å². The van der Waals surface area contributed by atoms with Gasteiger partial charge in [0.15, 0.2) is 9.84 Å². The topological polar surface area (TPSA) is 72.9 Å². The molecule has 19 heavy (non-hydrogen) atoms. The molecule has 2 rings (SSSR count). The minimum atomic E-state index is -3.27. The highest BCUT2D eigenvalue weighted by Gasteiger charge is 2.47. The van der Waals surface area contributed by atoms with Gasteiger partial charge >= 0.3 is 0 Å². The van der Waals surface area contributed by atoms with E-state index in [1.807, 2.05) is 6.92 Å². The van der Waals surface area contributed by atoms with Crippen LogP contribution in [0.4, 0.5) is 0 Å². The standard InChI is InChI=1S/C12H21NO5S/c1-3-17-10-6-12(18-7-10)4-5-13(9-12)11(14)8-19(2,15)16/h10H,3-9H2,1-2H3/t10-,12+/m1/s1. The van der Waals surface area contributed by atoms with Crippen molar-refractivity contribution in [3.63, 3.8) is 0 Å². The first-order chi connectivity index (χ1) is 8.84. The first kappa shape index (κ1) is 14.7. The molecule has 0 radical (unpaired) electrons. The largest absolute Gasteiger partial charge is 0.376 e. The van der Waals surface area contributed by atoms with Gasteiger partial charge in [-0.05, 0) is 13.3 Å². The van der Waals surface area contributed by atoms with Gasteiger partial charge in [0, 0.05) is 32.4 Å². The molecule has 0 aromatic carbocycles. The van der Waals surface area contributed by atoms with Crippen molar-refractivity contribution < 1.29 is 22.7 Å². The Morgan fingerprint density at radius 1 is 1.53 bits per heavy atom. The van der Waals surface area contributed by atoms with Crippen LogP contribution in [0, 0.1) is 0 Å². The molecule has 7 heteroatoms. The number of rotatable bonds is 4. The summed E-state index contributed by atoms with van der Waals surface area (Å²) in [6.07, 6.45) is 2.71. The van der Waals surface area contributed by atoms with Crippen LogP contribution in [0.1, 0.15) is 19.8 Å². The Kier molecular flexibility index (Phi) is 4.17. The number of likely N-dealkylation sites (tertiary alicyclic amines) is 1. The maximum atomic E-state index is 11.9. The minimum absolute atomic E-state index is 0.0926. The van der Waals surface area contributed by atoms with Gasteiger partial charge in [0.1, 0.15) is 5.75 Å². The van der Waals surface area contributed by atoms with Gasteiger partial charge in [0.2, 0.25) is 5.91 Å². The molecule has 0 saturated carbocycles. The highest BCUT2D eigenvalue weighted by Crippen LogP contribution is 2.36. The second-order valence-corrected chi connectivity index (χ2v) is 7.55. The van der Waals surface area contributed by atoms with E-state index in [1.54, 1.807) is 4.90 Å². The Morgan fingerprint density at radius 2 is 2.26 bits per heavy atom. The Bertz CT molecular complexity index is 449. The van der Waals surface area contributed by atoms with E-state index in [0.29, 0.717) is 26.3 Å². The Balaban J connectivity index is 1.91. The summed E-state index contributed by atoms with van der Waals surface area (Å²) in [5, 5.41) is 0. The van der Waals surface area contributed by atoms with E-state index < -0.39 is 15.6 Å². The van der Waals surface area contributed by atoms with Crippen molar-refractivity contribution in [3.8, 4) is 0 Å². The van der Waals surface area contributed by atoms with Gasteiger partial charge in [-0.2, -0.15) is 0 Å². The van der Waals surface area contributed by atoms with E-state index in [0.717, 1.165) is 19.1 Å². The van der Waals surface area contributed by atoms with Crippen molar-refractivity contribution in [1.29, 1.82) is 0 Å². The third-order valence-electron chi connectivity index (χ3n) is 3.63. The summed E-state index contributed by atoms with van der Waals surface area (Å²) in [7, 11) is -3.27. The highest BCUT2D eigenvalue weighted by molar-refractivity contribution is 7.91. The van der Waals surface area contributed by atoms with Gasteiger partial charge in [-0.15, -0.1) is 0 Å². The number of carbonyl (C=O) groups excluding carboxylic acids is 1. The molecule has 0 aliphatic carbocycles. The molecule has 0 unspecified atom stereocenters. The predicted molar refractivity (Wildman–Crippen MR) is 69.6 cm³/mol. The molecule has 2 aliphatic heterocycles. The summed E-state index contributed by atoms with van der Waals surface area (Å²) in [6, 6.07) is 0. The molecule has 0 N–H and O–H groups in total. The average Bonchev–Trinajstić information content (AvgIpc) is 2.86. The van der Waals surface area contributed by atoms with Crippen molar-refractivity contribution >= 4 is 15.7 Å². The number of carbonyl (C=O) groups is 1. The zero-order valence-corrected chi connectivity index (χ0v) is 12.2. The molecule has 0 aromatic heterocycles. The lowest BCUT2D eigenvalue weighted by atomic mass is 9.98. The van der Waals surface area contributed by atoms with E-state index in [1.165, 1.54) is 0 Å². The van der Waals surface area contributed by atoms with Gasteiger partial charge in [-0.25, -0.2) is 8.42 Å². The molecule has 2 heterocycles. The zero-order chi connectivity index (χ0) is 14.1. The number of hydrogen-bond donors (Lipinski definition) is 0. The summed E-state index contributed by atoms with van der Waals surface area (Å²) in [6.45, 7) is 4.20. The number of amides is 1. The highest BCUT2D eigenvalue weighted by atomic mass is 32.2. The maximum Gasteiger partial charge on any atom is 0.237 e. The molecule has 2 fully saturated rings. The molecule has 6 nitrogen and oxygen atoms in total. The fourth-order valence-corrected chi connectivity index (χ4v) is 3.43. The average molecular weight is 291 g/mol. The van der Waals surface area contributed by atoms with Gasteiger partial charge in [0.25, 0.3) is 0 Å². The van der Waals surface area contributed by atoms with Crippen LogP contribution in [-0.4, -0.2) is 69.2 Å². The molecule has 110 valence electrons. The Morgan fingerprint density at radius 3 is 2.89 bits per heavy atom. The van der Waals surface area contributed by atoms with Crippen LogP contribution < -0.4 is 0 Å². The predicted octanol–water partition coefficient (Wildman–Crippen LogP) is -0.172. The number of ether oxygens (including phenoxy) is 2. The molecule has 0 bridgehead atoms. The summed E-state index contributed by atoms with van der Waals surface area (Å²) in [5.41, 5.74) is -0.326. The SMILES string of the molecule is CCO[C@H]1CO[C@@]2(CCN(C(=O)CS(C)(=O)=O)C2)C1. The summed E-state index contributed by atoms with van der Waals surface area (Å²) in [5.74, 6) is -0.749. The number of sulfone groups is 1. The molecule has 0 aromatic rings.